The van der Waals surface area contributed by atoms with Crippen molar-refractivity contribution in [2.45, 2.75) is 38.0 Å². The van der Waals surface area contributed by atoms with E-state index in [1.807, 2.05) is 43.5 Å². The topological polar surface area (TPSA) is 64.0 Å². The Bertz CT molecular complexity index is 1020. The fourth-order valence-electron chi connectivity index (χ4n) is 2.59. The maximum Gasteiger partial charge on any atom is 0.272 e. The van der Waals surface area contributed by atoms with Gasteiger partial charge in [-0.05, 0) is 36.4 Å². The average molecular weight is 422 g/mol. The summed E-state index contributed by atoms with van der Waals surface area (Å²) >= 11 is 8.79. The van der Waals surface area contributed by atoms with Gasteiger partial charge in [0.1, 0.15) is 4.70 Å². The van der Waals surface area contributed by atoms with Gasteiger partial charge in [-0.25, -0.2) is 4.98 Å². The van der Waals surface area contributed by atoms with E-state index < -0.39 is 0 Å². The van der Waals surface area contributed by atoms with Gasteiger partial charge in [0, 0.05) is 17.6 Å². The highest BCUT2D eigenvalue weighted by atomic mass is 35.5. The molecule has 0 spiro atoms. The Morgan fingerprint density at radius 3 is 2.89 bits per heavy atom. The van der Waals surface area contributed by atoms with Crippen LogP contribution in [0.3, 0.4) is 0 Å². The first-order chi connectivity index (χ1) is 13.0. The number of rotatable bonds is 7. The van der Waals surface area contributed by atoms with Crippen LogP contribution >= 0.6 is 34.7 Å². The second-order valence-corrected chi connectivity index (χ2v) is 8.38. The lowest BCUT2D eigenvalue weighted by molar-refractivity contribution is -0.118. The van der Waals surface area contributed by atoms with Crippen molar-refractivity contribution in [1.29, 1.82) is 0 Å². The van der Waals surface area contributed by atoms with Crippen molar-refractivity contribution < 1.29 is 4.79 Å². The lowest BCUT2D eigenvalue weighted by Gasteiger charge is -2.17. The van der Waals surface area contributed by atoms with Crippen LogP contribution in [0.25, 0.3) is 10.2 Å². The minimum absolute atomic E-state index is 0.0187. The number of thiophene rings is 1. The van der Waals surface area contributed by atoms with Crippen LogP contribution in [0.1, 0.15) is 31.9 Å². The molecule has 0 aliphatic rings. The number of hydrogen-bond acceptors (Lipinski definition) is 5. The molecular weight excluding hydrogens is 402 g/mol. The van der Waals surface area contributed by atoms with Crippen molar-refractivity contribution >= 4 is 50.8 Å². The van der Waals surface area contributed by atoms with E-state index in [0.29, 0.717) is 26.9 Å². The van der Waals surface area contributed by atoms with Crippen molar-refractivity contribution in [2.24, 2.45) is 0 Å². The molecule has 5 nitrogen and oxygen atoms in total. The molecule has 1 aromatic carbocycles. The Hall–Kier alpha value is -1.83. The van der Waals surface area contributed by atoms with E-state index in [2.05, 4.69) is 10.3 Å². The van der Waals surface area contributed by atoms with Crippen LogP contribution < -0.4 is 10.9 Å². The molecule has 0 fully saturated rings. The molecule has 0 radical (unpaired) electrons. The predicted octanol–water partition coefficient (Wildman–Crippen LogP) is 4.49. The molecule has 0 aliphatic heterocycles. The van der Waals surface area contributed by atoms with Gasteiger partial charge >= 0.3 is 0 Å². The van der Waals surface area contributed by atoms with Gasteiger partial charge in [0.2, 0.25) is 5.91 Å². The zero-order valence-corrected chi connectivity index (χ0v) is 17.5. The molecule has 0 aliphatic carbocycles. The Kier molecular flexibility index (Phi) is 6.57. The molecule has 1 atom stereocenters. The number of carbonyl (C=O) groups excluding carboxylic acids is 1. The van der Waals surface area contributed by atoms with Crippen molar-refractivity contribution in [2.75, 3.05) is 5.75 Å². The van der Waals surface area contributed by atoms with Crippen molar-refractivity contribution in [3.05, 3.63) is 56.7 Å². The fraction of sp³-hybridized carbons (Fsp3) is 0.316. The van der Waals surface area contributed by atoms with Crippen molar-refractivity contribution in [3.63, 3.8) is 0 Å². The molecule has 2 heterocycles. The number of aromatic nitrogens is 2. The zero-order valence-electron chi connectivity index (χ0n) is 15.1. The van der Waals surface area contributed by atoms with E-state index in [0.717, 1.165) is 12.0 Å². The van der Waals surface area contributed by atoms with Crippen LogP contribution in [-0.2, 0) is 11.3 Å². The first-order valence-electron chi connectivity index (χ1n) is 8.64. The Morgan fingerprint density at radius 1 is 1.37 bits per heavy atom. The number of nitrogens with one attached hydrogen (secondary N) is 1. The van der Waals surface area contributed by atoms with Crippen molar-refractivity contribution in [1.82, 2.24) is 14.9 Å². The third-order valence-corrected chi connectivity index (χ3v) is 6.49. The maximum atomic E-state index is 12.8. The number of nitrogens with zero attached hydrogens (tertiary/aromatic N) is 2. The van der Waals surface area contributed by atoms with Crippen LogP contribution in [0.2, 0.25) is 5.02 Å². The lowest BCUT2D eigenvalue weighted by atomic mass is 10.2. The quantitative estimate of drug-likeness (QED) is 0.451. The monoisotopic (exact) mass is 421 g/mol. The van der Waals surface area contributed by atoms with Crippen LogP contribution in [0, 0.1) is 0 Å². The molecule has 8 heteroatoms. The first-order valence-corrected chi connectivity index (χ1v) is 10.9. The Balaban J connectivity index is 1.73. The zero-order chi connectivity index (χ0) is 19.4. The number of hydrogen-bond donors (Lipinski definition) is 1. The molecule has 0 saturated heterocycles. The van der Waals surface area contributed by atoms with Crippen LogP contribution in [0.5, 0.6) is 0 Å². The predicted molar refractivity (Wildman–Crippen MR) is 113 cm³/mol. The second kappa shape index (κ2) is 8.91. The molecule has 0 saturated carbocycles. The first kappa shape index (κ1) is 19.9. The minimum atomic E-state index is -0.129. The van der Waals surface area contributed by atoms with Gasteiger partial charge in [-0.1, -0.05) is 48.5 Å². The fourth-order valence-corrected chi connectivity index (χ4v) is 4.49. The van der Waals surface area contributed by atoms with Gasteiger partial charge in [0.15, 0.2) is 5.16 Å². The number of fused-ring (bicyclic) bond motifs is 1. The van der Waals surface area contributed by atoms with Crippen molar-refractivity contribution in [3.8, 4) is 0 Å². The molecule has 2 aromatic heterocycles. The summed E-state index contributed by atoms with van der Waals surface area (Å²) in [5, 5.41) is 5.93. The highest BCUT2D eigenvalue weighted by Crippen LogP contribution is 2.24. The molecule has 3 rings (SSSR count). The summed E-state index contributed by atoms with van der Waals surface area (Å²) in [7, 11) is 0. The summed E-state index contributed by atoms with van der Waals surface area (Å²) < 4.78 is 2.35. The normalized spacial score (nSPS) is 12.3. The number of amides is 1. The summed E-state index contributed by atoms with van der Waals surface area (Å²) in [6, 6.07) is 9.26. The SMILES string of the molecule is CCC(C)n1c(SCC(=O)NCc2ccccc2Cl)nc2ccsc2c1=O. The lowest BCUT2D eigenvalue weighted by Crippen LogP contribution is -2.27. The third-order valence-electron chi connectivity index (χ3n) is 4.28. The van der Waals surface area contributed by atoms with Crippen LogP contribution in [0.15, 0.2) is 45.7 Å². The van der Waals surface area contributed by atoms with E-state index >= 15 is 0 Å². The highest BCUT2D eigenvalue weighted by Gasteiger charge is 2.17. The van der Waals surface area contributed by atoms with Gasteiger partial charge in [-0.3, -0.25) is 14.2 Å². The molecule has 1 unspecified atom stereocenters. The average Bonchev–Trinajstić information content (AvgIpc) is 3.14. The van der Waals surface area contributed by atoms with Gasteiger partial charge in [0.25, 0.3) is 5.56 Å². The van der Waals surface area contributed by atoms with Gasteiger partial charge in [-0.15, -0.1) is 11.3 Å². The van der Waals surface area contributed by atoms with Crippen LogP contribution in [0.4, 0.5) is 0 Å². The molecule has 0 bridgehead atoms. The third kappa shape index (κ3) is 4.54. The van der Waals surface area contributed by atoms with Gasteiger partial charge in [0.05, 0.1) is 11.3 Å². The maximum absolute atomic E-state index is 12.8. The number of carbonyl (C=O) groups is 1. The van der Waals surface area contributed by atoms with Gasteiger partial charge in [-0.2, -0.15) is 0 Å². The Labute approximate surface area is 170 Å². The number of thioether (sulfide) groups is 1. The van der Waals surface area contributed by atoms with E-state index in [1.54, 1.807) is 10.6 Å². The highest BCUT2D eigenvalue weighted by molar-refractivity contribution is 7.99. The minimum Gasteiger partial charge on any atom is -0.351 e. The van der Waals surface area contributed by atoms with E-state index in [-0.39, 0.29) is 23.3 Å². The molecule has 142 valence electrons. The number of benzene rings is 1. The molecule has 1 N–H and O–H groups in total. The summed E-state index contributed by atoms with van der Waals surface area (Å²) in [6.45, 7) is 4.39. The number of halogens is 1. The molecule has 3 aromatic rings. The van der Waals surface area contributed by atoms with E-state index in [4.69, 9.17) is 11.6 Å². The summed E-state index contributed by atoms with van der Waals surface area (Å²) in [6.07, 6.45) is 0.810. The standard InChI is InChI=1S/C19H20ClN3O2S2/c1-3-12(2)23-18(25)17-15(8-9-26-17)22-19(23)27-11-16(24)21-10-13-6-4-5-7-14(13)20/h4-9,12H,3,10-11H2,1-2H3,(H,21,24). The molecular formula is C19H20ClN3O2S2. The second-order valence-electron chi connectivity index (χ2n) is 6.12. The largest absolute Gasteiger partial charge is 0.351 e. The van der Waals surface area contributed by atoms with E-state index in [1.165, 1.54) is 23.1 Å². The smallest absolute Gasteiger partial charge is 0.272 e. The Morgan fingerprint density at radius 2 is 2.15 bits per heavy atom. The summed E-state index contributed by atoms with van der Waals surface area (Å²) in [5.41, 5.74) is 1.51. The molecule has 1 amide bonds. The summed E-state index contributed by atoms with van der Waals surface area (Å²) in [4.78, 5) is 29.7. The van der Waals surface area contributed by atoms with Gasteiger partial charge < -0.3 is 5.32 Å². The van der Waals surface area contributed by atoms with E-state index in [9.17, 15) is 9.59 Å². The van der Waals surface area contributed by atoms with Crippen LogP contribution in [-0.4, -0.2) is 21.2 Å². The molecule has 27 heavy (non-hydrogen) atoms. The summed E-state index contributed by atoms with van der Waals surface area (Å²) in [5.74, 6) is 0.0541.